The topological polar surface area (TPSA) is 127 Å². The Morgan fingerprint density at radius 3 is 2.75 bits per heavy atom. The molecule has 132 valence electrons. The fourth-order valence-corrected chi connectivity index (χ4v) is 2.13. The zero-order valence-electron chi connectivity index (χ0n) is 13.4. The first kappa shape index (κ1) is 19.7. The zero-order valence-corrected chi connectivity index (χ0v) is 14.3. The summed E-state index contributed by atoms with van der Waals surface area (Å²) in [6.45, 7) is 5.19. The molecule has 0 aliphatic heterocycles. The average Bonchev–Trinajstić information content (AvgIpc) is 2.89. The summed E-state index contributed by atoms with van der Waals surface area (Å²) >= 11 is 1.09. The molecule has 1 rings (SSSR count). The van der Waals surface area contributed by atoms with Gasteiger partial charge in [0.25, 0.3) is 0 Å². The van der Waals surface area contributed by atoms with Gasteiger partial charge in [-0.2, -0.15) is 5.48 Å². The molecule has 1 aromatic rings. The smallest absolute Gasteiger partial charge is 0.331 e. The molecule has 0 aromatic carbocycles. The second-order valence-corrected chi connectivity index (χ2v) is 6.33. The van der Waals surface area contributed by atoms with Crippen molar-refractivity contribution in [3.8, 4) is 0 Å². The van der Waals surface area contributed by atoms with Gasteiger partial charge in [0.15, 0.2) is 11.2 Å². The quantitative estimate of drug-likeness (QED) is 0.198. The minimum atomic E-state index is -1.21. The van der Waals surface area contributed by atoms with Gasteiger partial charge in [0.05, 0.1) is 12.3 Å². The fraction of sp³-hybridized carbons (Fsp3) is 0.429. The maximum absolute atomic E-state index is 11.4. The first-order valence-electron chi connectivity index (χ1n) is 6.88. The van der Waals surface area contributed by atoms with Crippen LogP contribution >= 0.6 is 11.3 Å². The van der Waals surface area contributed by atoms with Crippen LogP contribution in [0.3, 0.4) is 0 Å². The second-order valence-electron chi connectivity index (χ2n) is 5.48. The second kappa shape index (κ2) is 9.11. The van der Waals surface area contributed by atoms with E-state index in [1.807, 2.05) is 0 Å². The highest BCUT2D eigenvalue weighted by Gasteiger charge is 2.23. The molecule has 0 saturated heterocycles. The van der Waals surface area contributed by atoms with Crippen molar-refractivity contribution in [2.45, 2.75) is 32.4 Å². The van der Waals surface area contributed by atoms with Gasteiger partial charge >= 0.3 is 11.9 Å². The monoisotopic (exact) mass is 357 g/mol. The van der Waals surface area contributed by atoms with E-state index in [0.29, 0.717) is 6.41 Å². The van der Waals surface area contributed by atoms with Crippen molar-refractivity contribution in [3.05, 3.63) is 23.2 Å². The zero-order chi connectivity index (χ0) is 18.2. The molecule has 0 saturated carbocycles. The van der Waals surface area contributed by atoms with Crippen molar-refractivity contribution in [1.82, 2.24) is 10.5 Å². The van der Waals surface area contributed by atoms with E-state index in [1.54, 1.807) is 20.8 Å². The van der Waals surface area contributed by atoms with Crippen molar-refractivity contribution >= 4 is 34.8 Å². The van der Waals surface area contributed by atoms with E-state index in [9.17, 15) is 19.5 Å². The number of amides is 1. The molecule has 10 heteroatoms. The number of carbonyl (C=O) groups is 3. The standard InChI is InChI=1S/C14H19N3O6S/c1-14(2,3)23-10(19)5-4-6-22-17-11(12(20)21)9-7-24-13(16-9)15-8-18/h4-5,7-8,11,17H,6H2,1-3H3,(H,20,21)(H,15,16,18)/b5-4+. The summed E-state index contributed by atoms with van der Waals surface area (Å²) in [6, 6.07) is -1.21. The highest BCUT2D eigenvalue weighted by Crippen LogP contribution is 2.20. The maximum Gasteiger partial charge on any atom is 0.331 e. The Bertz CT molecular complexity index is 608. The first-order chi connectivity index (χ1) is 11.2. The van der Waals surface area contributed by atoms with Crippen molar-refractivity contribution in [2.75, 3.05) is 11.9 Å². The highest BCUT2D eigenvalue weighted by molar-refractivity contribution is 7.13. The third-order valence-corrected chi connectivity index (χ3v) is 3.08. The van der Waals surface area contributed by atoms with Gasteiger partial charge < -0.3 is 15.2 Å². The lowest BCUT2D eigenvalue weighted by atomic mass is 10.2. The number of carbonyl (C=O) groups excluding carboxylic acids is 2. The minimum Gasteiger partial charge on any atom is -0.480 e. The van der Waals surface area contributed by atoms with Crippen molar-refractivity contribution in [1.29, 1.82) is 0 Å². The van der Waals surface area contributed by atoms with Gasteiger partial charge in [0.1, 0.15) is 5.60 Å². The molecule has 0 spiro atoms. The van der Waals surface area contributed by atoms with Gasteiger partial charge in [-0.25, -0.2) is 9.78 Å². The van der Waals surface area contributed by atoms with Crippen LogP contribution in [0.15, 0.2) is 17.5 Å². The van der Waals surface area contributed by atoms with E-state index in [2.05, 4.69) is 15.8 Å². The molecule has 3 N–H and O–H groups in total. The molecule has 0 bridgehead atoms. The van der Waals surface area contributed by atoms with Gasteiger partial charge in [-0.05, 0) is 26.8 Å². The number of hydrogen-bond acceptors (Lipinski definition) is 8. The van der Waals surface area contributed by atoms with Gasteiger partial charge in [0.2, 0.25) is 6.41 Å². The SMILES string of the molecule is CC(C)(C)OC(=O)/C=C/CONC(C(=O)O)c1csc(NC=O)n1. The number of carboxylic acids is 1. The van der Waals surface area contributed by atoms with Crippen LogP contribution in [-0.2, 0) is 24.0 Å². The summed E-state index contributed by atoms with van der Waals surface area (Å²) < 4.78 is 5.06. The highest BCUT2D eigenvalue weighted by atomic mass is 32.1. The van der Waals surface area contributed by atoms with E-state index in [-0.39, 0.29) is 17.4 Å². The Kier molecular flexibility index (Phi) is 7.49. The molecule has 1 aromatic heterocycles. The summed E-state index contributed by atoms with van der Waals surface area (Å²) in [7, 11) is 0. The minimum absolute atomic E-state index is 0.0490. The number of hydrogen-bond donors (Lipinski definition) is 3. The van der Waals surface area contributed by atoms with Crippen LogP contribution in [0.4, 0.5) is 5.13 Å². The number of ether oxygens (including phenoxy) is 1. The number of hydroxylamine groups is 1. The first-order valence-corrected chi connectivity index (χ1v) is 7.76. The van der Waals surface area contributed by atoms with Gasteiger partial charge in [-0.1, -0.05) is 0 Å². The number of carboxylic acid groups (broad SMARTS) is 1. The summed E-state index contributed by atoms with van der Waals surface area (Å²) in [5.41, 5.74) is 1.94. The lowest BCUT2D eigenvalue weighted by Gasteiger charge is -2.17. The summed E-state index contributed by atoms with van der Waals surface area (Å²) in [4.78, 5) is 41.9. The van der Waals surface area contributed by atoms with Crippen LogP contribution in [0, 0.1) is 0 Å². The lowest BCUT2D eigenvalue weighted by molar-refractivity contribution is -0.149. The number of anilines is 1. The van der Waals surface area contributed by atoms with Crippen LogP contribution in [0.1, 0.15) is 32.5 Å². The van der Waals surface area contributed by atoms with Crippen molar-refractivity contribution < 1.29 is 29.1 Å². The fourth-order valence-electron chi connectivity index (χ4n) is 1.43. The Balaban J connectivity index is 2.48. The third-order valence-electron chi connectivity index (χ3n) is 2.29. The Labute approximate surface area is 142 Å². The van der Waals surface area contributed by atoms with Crippen molar-refractivity contribution in [3.63, 3.8) is 0 Å². The Hall–Kier alpha value is -2.30. The molecule has 1 unspecified atom stereocenters. The molecular weight excluding hydrogens is 338 g/mol. The van der Waals surface area contributed by atoms with Crippen LogP contribution in [-0.4, -0.2) is 40.6 Å². The number of thiazole rings is 1. The summed E-state index contributed by atoms with van der Waals surface area (Å²) in [5.74, 6) is -1.72. The van der Waals surface area contributed by atoms with Crippen LogP contribution in [0.5, 0.6) is 0 Å². The molecule has 1 heterocycles. The Morgan fingerprint density at radius 1 is 1.46 bits per heavy atom. The molecule has 9 nitrogen and oxygen atoms in total. The lowest BCUT2D eigenvalue weighted by Crippen LogP contribution is -2.29. The molecule has 1 amide bonds. The maximum atomic E-state index is 11.4. The predicted octanol–water partition coefficient (Wildman–Crippen LogP) is 1.26. The molecule has 0 radical (unpaired) electrons. The summed E-state index contributed by atoms with van der Waals surface area (Å²) in [5, 5.41) is 13.3. The van der Waals surface area contributed by atoms with Gasteiger partial charge in [-0.15, -0.1) is 11.3 Å². The average molecular weight is 357 g/mol. The predicted molar refractivity (Wildman–Crippen MR) is 86.3 cm³/mol. The van der Waals surface area contributed by atoms with E-state index >= 15 is 0 Å². The van der Waals surface area contributed by atoms with Crippen LogP contribution in [0.2, 0.25) is 0 Å². The largest absolute Gasteiger partial charge is 0.480 e. The molecule has 1 atom stereocenters. The van der Waals surface area contributed by atoms with E-state index < -0.39 is 23.6 Å². The van der Waals surface area contributed by atoms with E-state index in [4.69, 9.17) is 9.57 Å². The molecular formula is C14H19N3O6S. The number of esters is 1. The van der Waals surface area contributed by atoms with Crippen LogP contribution < -0.4 is 10.8 Å². The number of nitrogens with zero attached hydrogens (tertiary/aromatic N) is 1. The van der Waals surface area contributed by atoms with Crippen LogP contribution in [0.25, 0.3) is 0 Å². The third kappa shape index (κ3) is 7.31. The molecule has 0 aliphatic carbocycles. The van der Waals surface area contributed by atoms with E-state index in [0.717, 1.165) is 11.3 Å². The number of aromatic nitrogens is 1. The number of rotatable bonds is 9. The van der Waals surface area contributed by atoms with Gasteiger partial charge in [-0.3, -0.25) is 14.4 Å². The number of aliphatic carboxylic acids is 1. The molecule has 24 heavy (non-hydrogen) atoms. The van der Waals surface area contributed by atoms with Gasteiger partial charge in [0, 0.05) is 11.5 Å². The number of nitrogens with one attached hydrogen (secondary N) is 2. The van der Waals surface area contributed by atoms with Crippen molar-refractivity contribution in [2.24, 2.45) is 0 Å². The van der Waals surface area contributed by atoms with E-state index in [1.165, 1.54) is 17.5 Å². The Morgan fingerprint density at radius 2 is 2.17 bits per heavy atom. The summed E-state index contributed by atoms with van der Waals surface area (Å²) in [6.07, 6.45) is 3.03. The normalized spacial score (nSPS) is 12.8. The molecule has 0 fully saturated rings. The molecule has 0 aliphatic rings.